The zero-order valence-electron chi connectivity index (χ0n) is 19.3. The fourth-order valence-corrected chi connectivity index (χ4v) is 7.45. The smallest absolute Gasteiger partial charge is 0.262 e. The molecule has 1 saturated carbocycles. The number of benzene rings is 1. The molecule has 5 nitrogen and oxygen atoms in total. The number of aryl methyl sites for hydroxylation is 1. The van der Waals surface area contributed by atoms with E-state index in [1.165, 1.54) is 41.7 Å². The van der Waals surface area contributed by atoms with Gasteiger partial charge in [-0.2, -0.15) is 0 Å². The summed E-state index contributed by atoms with van der Waals surface area (Å²) in [5.41, 5.74) is 2.92. The van der Waals surface area contributed by atoms with Crippen molar-refractivity contribution in [3.05, 3.63) is 63.0 Å². The SMILES string of the molecule is O=c1c2c3c(sc2ncn1C1CCCC1)CC(NC1CCN(Cc2ccccc2)CC1)CC3. The summed E-state index contributed by atoms with van der Waals surface area (Å²) in [4.78, 5) is 23.0. The van der Waals surface area contributed by atoms with Crippen LogP contribution in [0.25, 0.3) is 10.2 Å². The second kappa shape index (κ2) is 9.32. The molecule has 6 heteroatoms. The van der Waals surface area contributed by atoms with Crippen LogP contribution in [0.3, 0.4) is 0 Å². The molecule has 1 atom stereocenters. The van der Waals surface area contributed by atoms with E-state index in [-0.39, 0.29) is 5.56 Å². The van der Waals surface area contributed by atoms with Crippen LogP contribution in [0.2, 0.25) is 0 Å². The Hall–Kier alpha value is -2.02. The molecule has 0 bridgehead atoms. The number of fused-ring (bicyclic) bond motifs is 3. The van der Waals surface area contributed by atoms with Crippen molar-refractivity contribution < 1.29 is 0 Å². The average molecular weight is 463 g/mol. The van der Waals surface area contributed by atoms with Gasteiger partial charge in [0, 0.05) is 29.5 Å². The lowest BCUT2D eigenvalue weighted by Crippen LogP contribution is -2.47. The van der Waals surface area contributed by atoms with Gasteiger partial charge >= 0.3 is 0 Å². The van der Waals surface area contributed by atoms with Crippen molar-refractivity contribution in [3.8, 4) is 0 Å². The molecular weight excluding hydrogens is 428 g/mol. The van der Waals surface area contributed by atoms with Crippen molar-refractivity contribution in [1.82, 2.24) is 19.8 Å². The standard InChI is InChI=1S/C27H34N4OS/c32-27-25-23-11-10-21(16-24(23)33-26(25)28-18-31(27)22-8-4-5-9-22)29-20-12-14-30(15-13-20)17-19-6-2-1-3-7-19/h1-3,6-7,18,20-22,29H,4-5,8-17H2. The van der Waals surface area contributed by atoms with Crippen LogP contribution >= 0.6 is 11.3 Å². The van der Waals surface area contributed by atoms with Crippen molar-refractivity contribution in [1.29, 1.82) is 0 Å². The zero-order chi connectivity index (χ0) is 22.2. The van der Waals surface area contributed by atoms with Crippen LogP contribution in [-0.4, -0.2) is 39.6 Å². The Morgan fingerprint density at radius 2 is 1.79 bits per heavy atom. The van der Waals surface area contributed by atoms with Gasteiger partial charge in [0.1, 0.15) is 4.83 Å². The fourth-order valence-electron chi connectivity index (χ4n) is 6.20. The summed E-state index contributed by atoms with van der Waals surface area (Å²) >= 11 is 1.76. The van der Waals surface area contributed by atoms with Gasteiger partial charge < -0.3 is 5.32 Å². The van der Waals surface area contributed by atoms with Crippen molar-refractivity contribution in [3.63, 3.8) is 0 Å². The third kappa shape index (κ3) is 4.41. The van der Waals surface area contributed by atoms with Crippen LogP contribution in [0.1, 0.15) is 67.0 Å². The molecule has 174 valence electrons. The Balaban J connectivity index is 1.09. The van der Waals surface area contributed by atoms with Crippen LogP contribution in [-0.2, 0) is 19.4 Å². The number of piperidine rings is 1. The summed E-state index contributed by atoms with van der Waals surface area (Å²) in [5, 5.41) is 4.90. The number of hydrogen-bond acceptors (Lipinski definition) is 5. The van der Waals surface area contributed by atoms with Gasteiger partial charge in [0.05, 0.1) is 11.7 Å². The highest BCUT2D eigenvalue weighted by Gasteiger charge is 2.29. The molecule has 2 aliphatic carbocycles. The molecule has 3 heterocycles. The van der Waals surface area contributed by atoms with Crippen molar-refractivity contribution >= 4 is 21.6 Å². The summed E-state index contributed by atoms with van der Waals surface area (Å²) in [7, 11) is 0. The molecule has 1 saturated heterocycles. The van der Waals surface area contributed by atoms with E-state index in [1.54, 1.807) is 11.3 Å². The van der Waals surface area contributed by atoms with E-state index in [0.717, 1.165) is 62.0 Å². The highest BCUT2D eigenvalue weighted by atomic mass is 32.1. The van der Waals surface area contributed by atoms with Crippen LogP contribution in [0.5, 0.6) is 0 Å². The maximum absolute atomic E-state index is 13.3. The maximum Gasteiger partial charge on any atom is 0.262 e. The molecule has 3 aliphatic rings. The first kappa shape index (κ1) is 21.5. The van der Waals surface area contributed by atoms with Gasteiger partial charge in [0.2, 0.25) is 0 Å². The first-order valence-corrected chi connectivity index (χ1v) is 13.6. The number of nitrogens with one attached hydrogen (secondary N) is 1. The minimum absolute atomic E-state index is 0.210. The fraction of sp³-hybridized carbons (Fsp3) is 0.556. The Morgan fingerprint density at radius 1 is 1.00 bits per heavy atom. The largest absolute Gasteiger partial charge is 0.311 e. The van der Waals surface area contributed by atoms with Gasteiger partial charge in [0.15, 0.2) is 0 Å². The van der Waals surface area contributed by atoms with Gasteiger partial charge in [-0.3, -0.25) is 14.3 Å². The molecule has 1 N–H and O–H groups in total. The minimum Gasteiger partial charge on any atom is -0.311 e. The highest BCUT2D eigenvalue weighted by molar-refractivity contribution is 7.18. The van der Waals surface area contributed by atoms with Crippen molar-refractivity contribution in [2.75, 3.05) is 13.1 Å². The predicted octanol–water partition coefficient (Wildman–Crippen LogP) is 4.68. The van der Waals surface area contributed by atoms with Gasteiger partial charge in [-0.25, -0.2) is 4.98 Å². The van der Waals surface area contributed by atoms with Gasteiger partial charge in [-0.1, -0.05) is 43.2 Å². The molecule has 0 amide bonds. The Morgan fingerprint density at radius 3 is 2.58 bits per heavy atom. The molecule has 2 fully saturated rings. The summed E-state index contributed by atoms with van der Waals surface area (Å²) in [6.45, 7) is 3.39. The predicted molar refractivity (Wildman–Crippen MR) is 135 cm³/mol. The second-order valence-corrected chi connectivity index (χ2v) is 11.3. The summed E-state index contributed by atoms with van der Waals surface area (Å²) < 4.78 is 1.94. The van der Waals surface area contributed by atoms with E-state index in [1.807, 2.05) is 10.9 Å². The molecule has 2 aromatic heterocycles. The summed E-state index contributed by atoms with van der Waals surface area (Å²) in [5.74, 6) is 0. The van der Waals surface area contributed by atoms with E-state index in [4.69, 9.17) is 4.98 Å². The molecule has 1 unspecified atom stereocenters. The minimum atomic E-state index is 0.210. The van der Waals surface area contributed by atoms with E-state index < -0.39 is 0 Å². The Kier molecular flexibility index (Phi) is 6.07. The quantitative estimate of drug-likeness (QED) is 0.598. The third-order valence-corrected chi connectivity index (χ3v) is 9.18. The maximum atomic E-state index is 13.3. The molecule has 0 radical (unpaired) electrons. The summed E-state index contributed by atoms with van der Waals surface area (Å²) in [6, 6.07) is 12.3. The van der Waals surface area contributed by atoms with Gasteiger partial charge in [-0.15, -0.1) is 11.3 Å². The molecule has 1 aromatic carbocycles. The van der Waals surface area contributed by atoms with Crippen LogP contribution in [0, 0.1) is 0 Å². The number of thiophene rings is 1. The van der Waals surface area contributed by atoms with Gasteiger partial charge in [-0.05, 0) is 69.2 Å². The summed E-state index contributed by atoms with van der Waals surface area (Å²) in [6.07, 6.45) is 12.1. The van der Waals surface area contributed by atoms with Crippen LogP contribution in [0.15, 0.2) is 41.5 Å². The van der Waals surface area contributed by atoms with E-state index >= 15 is 0 Å². The molecule has 0 spiro atoms. The van der Waals surface area contributed by atoms with Crippen LogP contribution in [0.4, 0.5) is 0 Å². The average Bonchev–Trinajstić information content (AvgIpc) is 3.49. The zero-order valence-corrected chi connectivity index (χ0v) is 20.2. The lowest BCUT2D eigenvalue weighted by atomic mass is 9.91. The number of hydrogen-bond donors (Lipinski definition) is 1. The lowest BCUT2D eigenvalue weighted by Gasteiger charge is -2.35. The molecule has 3 aromatic rings. The third-order valence-electron chi connectivity index (χ3n) is 8.02. The first-order chi connectivity index (χ1) is 16.2. The number of nitrogens with zero attached hydrogens (tertiary/aromatic N) is 3. The lowest BCUT2D eigenvalue weighted by molar-refractivity contribution is 0.182. The van der Waals surface area contributed by atoms with Crippen LogP contribution < -0.4 is 10.9 Å². The highest BCUT2D eigenvalue weighted by Crippen LogP contribution is 2.35. The molecule has 6 rings (SSSR count). The Bertz CT molecular complexity index is 1160. The normalized spacial score (nSPS) is 22.7. The van der Waals surface area contributed by atoms with E-state index in [0.29, 0.717) is 18.1 Å². The topological polar surface area (TPSA) is 50.2 Å². The number of likely N-dealkylation sites (tertiary alicyclic amines) is 1. The number of rotatable bonds is 5. The Labute approximate surface area is 199 Å². The molecule has 33 heavy (non-hydrogen) atoms. The monoisotopic (exact) mass is 462 g/mol. The van der Waals surface area contributed by atoms with Crippen molar-refractivity contribution in [2.24, 2.45) is 0 Å². The van der Waals surface area contributed by atoms with Crippen molar-refractivity contribution in [2.45, 2.75) is 82.5 Å². The second-order valence-electron chi connectivity index (χ2n) is 10.2. The van der Waals surface area contributed by atoms with Gasteiger partial charge in [0.25, 0.3) is 5.56 Å². The number of aromatic nitrogens is 2. The molecular formula is C27H34N4OS. The first-order valence-electron chi connectivity index (χ1n) is 12.8. The van der Waals surface area contributed by atoms with E-state index in [2.05, 4.69) is 40.5 Å². The van der Waals surface area contributed by atoms with E-state index in [9.17, 15) is 4.79 Å². The molecule has 1 aliphatic heterocycles.